The van der Waals surface area contributed by atoms with Crippen molar-refractivity contribution >= 4 is 10.9 Å². The summed E-state index contributed by atoms with van der Waals surface area (Å²) in [6, 6.07) is 12.0. The first-order valence-corrected chi connectivity index (χ1v) is 12.4. The van der Waals surface area contributed by atoms with Crippen molar-refractivity contribution in [3.05, 3.63) is 63.4 Å². The van der Waals surface area contributed by atoms with Crippen LogP contribution in [0.1, 0.15) is 36.6 Å². The van der Waals surface area contributed by atoms with Gasteiger partial charge in [-0.05, 0) is 49.7 Å². The van der Waals surface area contributed by atoms with Gasteiger partial charge in [-0.15, -0.1) is 0 Å². The largest absolute Gasteiger partial charge is 0.494 e. The lowest BCUT2D eigenvalue weighted by Gasteiger charge is -2.30. The van der Waals surface area contributed by atoms with E-state index in [2.05, 4.69) is 24.0 Å². The second kappa shape index (κ2) is 10.1. The van der Waals surface area contributed by atoms with E-state index >= 15 is 0 Å². The minimum Gasteiger partial charge on any atom is -0.494 e. The van der Waals surface area contributed by atoms with Crippen LogP contribution in [0.4, 0.5) is 0 Å². The van der Waals surface area contributed by atoms with Crippen molar-refractivity contribution in [1.82, 2.24) is 4.98 Å². The predicted molar refractivity (Wildman–Crippen MR) is 131 cm³/mol. The molecule has 180 valence electrons. The minimum atomic E-state index is 0.134. The lowest BCUT2D eigenvalue weighted by molar-refractivity contribution is -1.02. The molecule has 1 fully saturated rings. The predicted octanol–water partition coefficient (Wildman–Crippen LogP) is 1.23. The monoisotopic (exact) mass is 465 g/mol. The number of aryl methyl sites for hydroxylation is 1. The molecule has 5 rings (SSSR count). The van der Waals surface area contributed by atoms with Gasteiger partial charge < -0.3 is 29.0 Å². The van der Waals surface area contributed by atoms with Crippen molar-refractivity contribution in [3.8, 4) is 17.2 Å². The van der Waals surface area contributed by atoms with E-state index in [1.165, 1.54) is 10.5 Å². The molecule has 7 heteroatoms. The lowest BCUT2D eigenvalue weighted by Crippen LogP contribution is -3.27. The van der Waals surface area contributed by atoms with Crippen LogP contribution in [-0.2, 0) is 13.1 Å². The molecule has 0 bridgehead atoms. The van der Waals surface area contributed by atoms with E-state index in [9.17, 15) is 4.79 Å². The van der Waals surface area contributed by atoms with Gasteiger partial charge in [-0.3, -0.25) is 4.79 Å². The number of fused-ring (bicyclic) bond motifs is 2. The number of unbranched alkanes of at least 4 members (excludes halogenated alkanes) is 1. The second-order valence-electron chi connectivity index (χ2n) is 9.51. The van der Waals surface area contributed by atoms with Crippen molar-refractivity contribution in [3.63, 3.8) is 0 Å². The van der Waals surface area contributed by atoms with Crippen LogP contribution in [0.5, 0.6) is 17.2 Å². The molecule has 0 saturated carbocycles. The van der Waals surface area contributed by atoms with Crippen molar-refractivity contribution in [1.29, 1.82) is 0 Å². The van der Waals surface area contributed by atoms with Crippen LogP contribution in [0.3, 0.4) is 0 Å². The van der Waals surface area contributed by atoms with Gasteiger partial charge in [0.05, 0.1) is 12.2 Å². The molecule has 34 heavy (non-hydrogen) atoms. The minimum absolute atomic E-state index is 0.134. The molecular weight excluding hydrogens is 430 g/mol. The first kappa shape index (κ1) is 22.7. The van der Waals surface area contributed by atoms with Crippen LogP contribution in [0.25, 0.3) is 10.9 Å². The molecule has 0 radical (unpaired) electrons. The molecule has 0 amide bonds. The third-order valence-electron chi connectivity index (χ3n) is 7.03. The first-order valence-electron chi connectivity index (χ1n) is 12.4. The summed E-state index contributed by atoms with van der Waals surface area (Å²) < 4.78 is 16.8. The zero-order valence-corrected chi connectivity index (χ0v) is 20.2. The Balaban J connectivity index is 1.23. The lowest BCUT2D eigenvalue weighted by atomic mass is 10.1. The number of ether oxygens (including phenoxy) is 3. The maximum absolute atomic E-state index is 13.4. The van der Waals surface area contributed by atoms with E-state index in [-0.39, 0.29) is 5.43 Å². The van der Waals surface area contributed by atoms with E-state index in [0.29, 0.717) is 13.4 Å². The molecule has 2 aliphatic heterocycles. The summed E-state index contributed by atoms with van der Waals surface area (Å²) in [7, 11) is 0. The Kier molecular flexibility index (Phi) is 6.74. The van der Waals surface area contributed by atoms with Crippen LogP contribution in [0.15, 0.2) is 41.2 Å². The Morgan fingerprint density at radius 2 is 1.74 bits per heavy atom. The third kappa shape index (κ3) is 4.91. The summed E-state index contributed by atoms with van der Waals surface area (Å²) in [5.74, 6) is 2.46. The Morgan fingerprint density at radius 3 is 2.53 bits per heavy atom. The number of hydrogen-bond donors (Lipinski definition) is 3. The molecule has 2 aliphatic rings. The summed E-state index contributed by atoms with van der Waals surface area (Å²) in [4.78, 5) is 19.9. The van der Waals surface area contributed by atoms with E-state index < -0.39 is 0 Å². The van der Waals surface area contributed by atoms with Gasteiger partial charge in [-0.1, -0.05) is 13.3 Å². The molecular formula is C27H35N3O4+2. The average molecular weight is 466 g/mol. The molecule has 1 aromatic heterocycles. The highest BCUT2D eigenvalue weighted by molar-refractivity contribution is 5.81. The summed E-state index contributed by atoms with van der Waals surface area (Å²) in [5, 5.41) is 0.723. The fourth-order valence-electron chi connectivity index (χ4n) is 4.97. The highest BCUT2D eigenvalue weighted by atomic mass is 16.7. The van der Waals surface area contributed by atoms with Crippen LogP contribution in [0.2, 0.25) is 0 Å². The fourth-order valence-corrected chi connectivity index (χ4v) is 4.97. The van der Waals surface area contributed by atoms with Crippen molar-refractivity contribution in [2.45, 2.75) is 39.8 Å². The normalized spacial score (nSPS) is 19.5. The number of benzene rings is 2. The first-order chi connectivity index (χ1) is 16.6. The quantitative estimate of drug-likeness (QED) is 0.438. The standard InChI is InChI=1S/C27H33N3O4/c1-3-4-13-32-21-6-7-24-22(15-21)27(31)23(19(2)28-24)17-30-11-9-29(10-12-30)16-20-5-8-25-26(14-20)34-18-33-25/h5-8,14-15H,3-4,9-13,16-18H2,1-2H3,(H,28,31)/p+2. The maximum atomic E-state index is 13.4. The zero-order chi connectivity index (χ0) is 23.5. The van der Waals surface area contributed by atoms with E-state index in [1.807, 2.05) is 31.2 Å². The van der Waals surface area contributed by atoms with Crippen molar-refractivity contribution in [2.75, 3.05) is 39.6 Å². The van der Waals surface area contributed by atoms with Gasteiger partial charge in [0.1, 0.15) is 45.0 Å². The fraction of sp³-hybridized carbons (Fsp3) is 0.444. The molecule has 3 N–H and O–H groups in total. The van der Waals surface area contributed by atoms with E-state index in [4.69, 9.17) is 14.2 Å². The maximum Gasteiger partial charge on any atom is 0.231 e. The number of pyridine rings is 1. The number of H-pyrrole nitrogens is 1. The summed E-state index contributed by atoms with van der Waals surface area (Å²) in [6.07, 6.45) is 2.10. The number of rotatable bonds is 8. The van der Waals surface area contributed by atoms with Crippen LogP contribution >= 0.6 is 0 Å². The molecule has 0 atom stereocenters. The molecule has 0 spiro atoms. The molecule has 0 unspecified atom stereocenters. The summed E-state index contributed by atoms with van der Waals surface area (Å²) >= 11 is 0. The Hall–Kier alpha value is -3.03. The Labute approximate surface area is 200 Å². The highest BCUT2D eigenvalue weighted by Crippen LogP contribution is 2.32. The van der Waals surface area contributed by atoms with Crippen molar-refractivity contribution in [2.24, 2.45) is 0 Å². The van der Waals surface area contributed by atoms with Crippen molar-refractivity contribution < 1.29 is 24.0 Å². The van der Waals surface area contributed by atoms with Gasteiger partial charge in [-0.25, -0.2) is 0 Å². The zero-order valence-electron chi connectivity index (χ0n) is 20.2. The molecule has 2 aromatic carbocycles. The number of nitrogens with one attached hydrogen (secondary N) is 3. The molecule has 3 heterocycles. The number of quaternary nitrogens is 2. The van der Waals surface area contributed by atoms with Gasteiger partial charge in [-0.2, -0.15) is 0 Å². The van der Waals surface area contributed by atoms with Gasteiger partial charge in [0.15, 0.2) is 16.9 Å². The average Bonchev–Trinajstić information content (AvgIpc) is 3.31. The van der Waals surface area contributed by atoms with Crippen LogP contribution < -0.4 is 29.4 Å². The van der Waals surface area contributed by atoms with Gasteiger partial charge >= 0.3 is 0 Å². The molecule has 3 aromatic rings. The van der Waals surface area contributed by atoms with Crippen LogP contribution in [-0.4, -0.2) is 44.6 Å². The number of hydrogen-bond acceptors (Lipinski definition) is 4. The summed E-state index contributed by atoms with van der Waals surface area (Å²) in [5.41, 5.74) is 4.16. The SMILES string of the molecule is CCCCOc1ccc2[nH]c(C)c(C[NH+]3CC[NH+](Cc4ccc5c(c4)OCO5)CC3)c(=O)c2c1. The second-order valence-corrected chi connectivity index (χ2v) is 9.51. The van der Waals surface area contributed by atoms with E-state index in [1.54, 1.807) is 4.90 Å². The van der Waals surface area contributed by atoms with Gasteiger partial charge in [0, 0.05) is 22.2 Å². The summed E-state index contributed by atoms with van der Waals surface area (Å²) in [6.45, 7) is 11.2. The molecule has 0 aliphatic carbocycles. The van der Waals surface area contributed by atoms with E-state index in [0.717, 1.165) is 91.5 Å². The highest BCUT2D eigenvalue weighted by Gasteiger charge is 2.26. The Morgan fingerprint density at radius 1 is 0.971 bits per heavy atom. The number of aromatic amines is 1. The van der Waals surface area contributed by atoms with Crippen LogP contribution in [0, 0.1) is 6.92 Å². The third-order valence-corrected chi connectivity index (χ3v) is 7.03. The number of piperazine rings is 1. The smallest absolute Gasteiger partial charge is 0.231 e. The topological polar surface area (TPSA) is 69.4 Å². The van der Waals surface area contributed by atoms with Gasteiger partial charge in [0.25, 0.3) is 0 Å². The molecule has 7 nitrogen and oxygen atoms in total. The number of aromatic nitrogens is 1. The Bertz CT molecular complexity index is 1210. The van der Waals surface area contributed by atoms with Gasteiger partial charge in [0.2, 0.25) is 6.79 Å². The molecule has 1 saturated heterocycles.